The monoisotopic (exact) mass is 354 g/mol. The predicted molar refractivity (Wildman–Crippen MR) is 98.2 cm³/mol. The van der Waals surface area contributed by atoms with Crippen molar-refractivity contribution in [1.29, 1.82) is 0 Å². The van der Waals surface area contributed by atoms with E-state index in [0.29, 0.717) is 5.75 Å². The minimum absolute atomic E-state index is 0.0519. The molecule has 0 aliphatic heterocycles. The van der Waals surface area contributed by atoms with Gasteiger partial charge in [0.2, 0.25) is 5.91 Å². The number of carbonyl (C=O) groups excluding carboxylic acids is 1. The maximum atomic E-state index is 12.8. The van der Waals surface area contributed by atoms with Gasteiger partial charge in [-0.3, -0.25) is 14.0 Å². The van der Waals surface area contributed by atoms with Crippen LogP contribution in [0.25, 0.3) is 0 Å². The Morgan fingerprint density at radius 3 is 2.48 bits per heavy atom. The Morgan fingerprint density at radius 2 is 1.95 bits per heavy atom. The van der Waals surface area contributed by atoms with Crippen molar-refractivity contribution < 1.29 is 9.36 Å². The summed E-state index contributed by atoms with van der Waals surface area (Å²) in [5, 5.41) is 3.12. The Bertz CT molecular complexity index is 343. The first-order valence-electron chi connectivity index (χ1n) is 7.73. The number of nitrogens with zero attached hydrogens (tertiary/aromatic N) is 1. The van der Waals surface area contributed by atoms with Gasteiger partial charge in [-0.1, -0.05) is 51.4 Å². The second-order valence-electron chi connectivity index (χ2n) is 5.10. The van der Waals surface area contributed by atoms with Crippen LogP contribution in [-0.2, 0) is 9.36 Å². The molecule has 0 fully saturated rings. The zero-order chi connectivity index (χ0) is 16.3. The van der Waals surface area contributed by atoms with Crippen molar-refractivity contribution in [1.82, 2.24) is 9.76 Å². The van der Waals surface area contributed by atoms with Crippen molar-refractivity contribution in [2.75, 3.05) is 25.6 Å². The first-order chi connectivity index (χ1) is 9.91. The Kier molecular flexibility index (Phi) is 12.1. The SMILES string of the molecule is CCCCCCSCC(=O)N(C)P(=O)(NC)SC(C)CC. The first-order valence-corrected chi connectivity index (χ1v) is 12.0. The zero-order valence-corrected chi connectivity index (χ0v) is 16.6. The number of unbranched alkanes of at least 4 members (excludes halogenated alkanes) is 3. The Labute approximate surface area is 138 Å². The van der Waals surface area contributed by atoms with Gasteiger partial charge in [0.15, 0.2) is 0 Å². The lowest BCUT2D eigenvalue weighted by Crippen LogP contribution is -2.29. The molecule has 0 rings (SSSR count). The van der Waals surface area contributed by atoms with E-state index in [0.717, 1.165) is 18.6 Å². The summed E-state index contributed by atoms with van der Waals surface area (Å²) in [7, 11) is 3.31. The van der Waals surface area contributed by atoms with Crippen molar-refractivity contribution in [2.45, 2.75) is 58.1 Å². The second kappa shape index (κ2) is 11.9. The van der Waals surface area contributed by atoms with Crippen LogP contribution in [0.5, 0.6) is 0 Å². The van der Waals surface area contributed by atoms with Crippen molar-refractivity contribution in [3.05, 3.63) is 0 Å². The van der Waals surface area contributed by atoms with Crippen LogP contribution in [0.4, 0.5) is 0 Å². The molecule has 21 heavy (non-hydrogen) atoms. The molecule has 0 aliphatic rings. The van der Waals surface area contributed by atoms with E-state index in [1.54, 1.807) is 25.9 Å². The van der Waals surface area contributed by atoms with Crippen LogP contribution >= 0.6 is 29.8 Å². The topological polar surface area (TPSA) is 49.4 Å². The van der Waals surface area contributed by atoms with Gasteiger partial charge < -0.3 is 0 Å². The van der Waals surface area contributed by atoms with Gasteiger partial charge in [0.1, 0.15) is 0 Å². The lowest BCUT2D eigenvalue weighted by Gasteiger charge is -2.28. The molecule has 126 valence electrons. The highest BCUT2D eigenvalue weighted by Crippen LogP contribution is 2.59. The molecule has 0 aliphatic carbocycles. The van der Waals surface area contributed by atoms with Crippen LogP contribution in [-0.4, -0.2) is 41.4 Å². The molecule has 1 N–H and O–H groups in total. The molecule has 0 aromatic carbocycles. The molecular formula is C14H31N2O2PS2. The highest BCUT2D eigenvalue weighted by Gasteiger charge is 2.31. The molecular weight excluding hydrogens is 323 g/mol. The number of thioether (sulfide) groups is 1. The average molecular weight is 355 g/mol. The summed E-state index contributed by atoms with van der Waals surface area (Å²) < 4.78 is 14.2. The van der Waals surface area contributed by atoms with E-state index in [4.69, 9.17) is 0 Å². The highest BCUT2D eigenvalue weighted by molar-refractivity contribution is 8.57. The number of nitrogens with one attached hydrogen (secondary N) is 1. The van der Waals surface area contributed by atoms with E-state index in [-0.39, 0.29) is 11.2 Å². The zero-order valence-electron chi connectivity index (χ0n) is 14.1. The van der Waals surface area contributed by atoms with E-state index in [1.807, 2.05) is 6.92 Å². The normalized spacial score (nSPS) is 15.5. The predicted octanol–water partition coefficient (Wildman–Crippen LogP) is 4.62. The van der Waals surface area contributed by atoms with Gasteiger partial charge in [0.25, 0.3) is 6.65 Å². The van der Waals surface area contributed by atoms with Crippen LogP contribution in [0.2, 0.25) is 0 Å². The smallest absolute Gasteiger partial charge is 0.276 e. The molecule has 0 saturated heterocycles. The fraction of sp³-hybridized carbons (Fsp3) is 0.929. The molecule has 7 heteroatoms. The summed E-state index contributed by atoms with van der Waals surface area (Å²) in [6.45, 7) is 3.44. The number of rotatable bonds is 12. The lowest BCUT2D eigenvalue weighted by atomic mass is 10.2. The Balaban J connectivity index is 4.23. The Hall–Kier alpha value is 0.360. The lowest BCUT2D eigenvalue weighted by molar-refractivity contribution is -0.123. The van der Waals surface area contributed by atoms with Gasteiger partial charge in [-0.25, -0.2) is 5.09 Å². The Morgan fingerprint density at radius 1 is 1.29 bits per heavy atom. The van der Waals surface area contributed by atoms with Gasteiger partial charge in [-0.05, 0) is 25.6 Å². The molecule has 0 spiro atoms. The molecule has 0 radical (unpaired) electrons. The number of hydrogen-bond donors (Lipinski definition) is 1. The van der Waals surface area contributed by atoms with Crippen molar-refractivity contribution in [3.8, 4) is 0 Å². The highest BCUT2D eigenvalue weighted by atomic mass is 32.7. The number of amides is 1. The third kappa shape index (κ3) is 8.53. The quantitative estimate of drug-likeness (QED) is 0.409. The van der Waals surface area contributed by atoms with Gasteiger partial charge >= 0.3 is 0 Å². The largest absolute Gasteiger partial charge is 0.294 e. The third-order valence-electron chi connectivity index (χ3n) is 3.30. The second-order valence-corrected chi connectivity index (χ2v) is 11.4. The van der Waals surface area contributed by atoms with Gasteiger partial charge in [-0.2, -0.15) is 11.8 Å². The molecule has 0 bridgehead atoms. The molecule has 2 unspecified atom stereocenters. The summed E-state index contributed by atoms with van der Waals surface area (Å²) >= 11 is 3.02. The summed E-state index contributed by atoms with van der Waals surface area (Å²) in [6, 6.07) is 0. The van der Waals surface area contributed by atoms with E-state index in [2.05, 4.69) is 18.9 Å². The standard InChI is InChI=1S/C14H31N2O2PS2/c1-6-8-9-10-11-20-12-14(17)16(5)19(18,15-4)21-13(3)7-2/h13H,6-12H2,1-5H3,(H,15,18). The summed E-state index contributed by atoms with van der Waals surface area (Å²) in [6.07, 6.45) is 5.80. The van der Waals surface area contributed by atoms with Crippen LogP contribution < -0.4 is 5.09 Å². The van der Waals surface area contributed by atoms with E-state index in [9.17, 15) is 9.36 Å². The van der Waals surface area contributed by atoms with Crippen molar-refractivity contribution >= 4 is 35.7 Å². The van der Waals surface area contributed by atoms with Crippen LogP contribution in [0.15, 0.2) is 0 Å². The number of hydrogen-bond acceptors (Lipinski definition) is 4. The van der Waals surface area contributed by atoms with Crippen LogP contribution in [0.3, 0.4) is 0 Å². The molecule has 0 heterocycles. The summed E-state index contributed by atoms with van der Waals surface area (Å²) in [4.78, 5) is 12.2. The van der Waals surface area contributed by atoms with E-state index < -0.39 is 6.65 Å². The van der Waals surface area contributed by atoms with Gasteiger partial charge in [0.05, 0.1) is 5.75 Å². The fourth-order valence-corrected chi connectivity index (χ4v) is 7.11. The molecule has 4 nitrogen and oxygen atoms in total. The summed E-state index contributed by atoms with van der Waals surface area (Å²) in [5.41, 5.74) is 0. The third-order valence-corrected chi connectivity index (χ3v) is 10.1. The number of carbonyl (C=O) groups is 1. The first kappa shape index (κ1) is 21.4. The molecule has 2 atom stereocenters. The van der Waals surface area contributed by atoms with Gasteiger partial charge in [0, 0.05) is 12.3 Å². The minimum Gasteiger partial charge on any atom is -0.276 e. The fourth-order valence-electron chi connectivity index (χ4n) is 1.62. The molecule has 0 aromatic rings. The average Bonchev–Trinajstić information content (AvgIpc) is 2.49. The molecule has 0 aromatic heterocycles. The summed E-state index contributed by atoms with van der Waals surface area (Å²) in [5.74, 6) is 1.36. The maximum absolute atomic E-state index is 12.8. The van der Waals surface area contributed by atoms with E-state index >= 15 is 0 Å². The molecule has 1 amide bonds. The minimum atomic E-state index is -2.85. The van der Waals surface area contributed by atoms with Crippen molar-refractivity contribution in [2.24, 2.45) is 0 Å². The van der Waals surface area contributed by atoms with E-state index in [1.165, 1.54) is 35.3 Å². The maximum Gasteiger partial charge on any atom is 0.294 e. The van der Waals surface area contributed by atoms with Crippen LogP contribution in [0, 0.1) is 0 Å². The van der Waals surface area contributed by atoms with Crippen molar-refractivity contribution in [3.63, 3.8) is 0 Å². The van der Waals surface area contributed by atoms with Gasteiger partial charge in [-0.15, -0.1) is 0 Å². The van der Waals surface area contributed by atoms with Crippen LogP contribution in [0.1, 0.15) is 52.9 Å². The molecule has 0 saturated carbocycles.